The number of aromatic nitrogens is 4. The van der Waals surface area contributed by atoms with Gasteiger partial charge in [0.1, 0.15) is 24.4 Å². The zero-order chi connectivity index (χ0) is 33.3. The summed E-state index contributed by atoms with van der Waals surface area (Å²) < 4.78 is 20.0. The van der Waals surface area contributed by atoms with Gasteiger partial charge in [-0.25, -0.2) is 9.97 Å². The molecule has 46 heavy (non-hydrogen) atoms. The Morgan fingerprint density at radius 1 is 0.957 bits per heavy atom. The summed E-state index contributed by atoms with van der Waals surface area (Å²) >= 11 is 6.12. The van der Waals surface area contributed by atoms with E-state index in [0.717, 1.165) is 78.9 Å². The zero-order valence-electron chi connectivity index (χ0n) is 29.0. The van der Waals surface area contributed by atoms with Gasteiger partial charge >= 0.3 is 5.97 Å². The summed E-state index contributed by atoms with van der Waals surface area (Å²) in [5, 5.41) is 5.26. The molecule has 0 atom stereocenters. The first-order valence-electron chi connectivity index (χ1n) is 16.9. The van der Waals surface area contributed by atoms with Gasteiger partial charge in [-0.05, 0) is 56.3 Å². The molecule has 1 aliphatic carbocycles. The highest BCUT2D eigenvalue weighted by atomic mass is 35.5. The lowest BCUT2D eigenvalue weighted by Gasteiger charge is -2.29. The van der Waals surface area contributed by atoms with Gasteiger partial charge < -0.3 is 19.1 Å². The predicted octanol–water partition coefficient (Wildman–Crippen LogP) is 8.49. The van der Waals surface area contributed by atoms with E-state index in [1.807, 2.05) is 16.8 Å². The maximum atomic E-state index is 12.7. The molecule has 3 aromatic rings. The highest BCUT2D eigenvalue weighted by Gasteiger charge is 2.30. The van der Waals surface area contributed by atoms with Crippen LogP contribution in [-0.4, -0.2) is 75.0 Å². The van der Waals surface area contributed by atoms with Crippen LogP contribution in [0.3, 0.4) is 0 Å². The zero-order valence-corrected chi connectivity index (χ0v) is 31.7. The summed E-state index contributed by atoms with van der Waals surface area (Å²) in [6, 6.07) is 8.07. The molecule has 12 heteroatoms. The molecule has 1 aliphatic rings. The maximum Gasteiger partial charge on any atom is 0.308 e. The van der Waals surface area contributed by atoms with Crippen molar-refractivity contribution in [2.24, 2.45) is 5.92 Å². The second-order valence-electron chi connectivity index (χ2n) is 15.0. The Bertz CT molecular complexity index is 1380. The van der Waals surface area contributed by atoms with Gasteiger partial charge in [0.15, 0.2) is 5.65 Å². The van der Waals surface area contributed by atoms with Crippen molar-refractivity contribution in [2.75, 3.05) is 38.2 Å². The number of carbonyl (C=O) groups is 1. The van der Waals surface area contributed by atoms with E-state index >= 15 is 0 Å². The molecule has 0 saturated heterocycles. The predicted molar refractivity (Wildman–Crippen MR) is 192 cm³/mol. The number of hydrogen-bond acceptors (Lipinski definition) is 8. The van der Waals surface area contributed by atoms with Crippen molar-refractivity contribution in [2.45, 2.75) is 103 Å². The van der Waals surface area contributed by atoms with Crippen LogP contribution in [-0.2, 0) is 19.0 Å². The van der Waals surface area contributed by atoms with E-state index < -0.39 is 16.1 Å². The van der Waals surface area contributed by atoms with Gasteiger partial charge in [0.05, 0.1) is 18.7 Å². The molecule has 9 nitrogen and oxygen atoms in total. The minimum atomic E-state index is -1.24. The number of carbonyl (C=O) groups excluding carboxylic acids is 1. The van der Waals surface area contributed by atoms with Crippen LogP contribution < -0.4 is 4.90 Å². The van der Waals surface area contributed by atoms with E-state index in [1.54, 1.807) is 12.3 Å². The van der Waals surface area contributed by atoms with E-state index in [1.165, 1.54) is 0 Å². The SMILES string of the molecule is CCCCOC(=O)C1CCC(c2cc(N(COCC[Si](C)(C)C)COCC[Si](C)(C)C)n3ncc(-c4ccc(Cl)nc4)c3n2)CC1. The average molecular weight is 688 g/mol. The first-order chi connectivity index (χ1) is 21.8. The molecule has 3 aromatic heterocycles. The number of rotatable bonds is 17. The van der Waals surface area contributed by atoms with Gasteiger partial charge in [-0.2, -0.15) is 9.61 Å². The number of fused-ring (bicyclic) bond motifs is 1. The second kappa shape index (κ2) is 16.7. The summed E-state index contributed by atoms with van der Waals surface area (Å²) in [5.41, 5.74) is 3.54. The molecular formula is C34H54ClN5O4Si2. The van der Waals surface area contributed by atoms with E-state index in [-0.39, 0.29) is 17.8 Å². The number of anilines is 1. The number of nitrogens with zero attached hydrogens (tertiary/aromatic N) is 5. The molecule has 0 aliphatic heterocycles. The number of hydrogen-bond donors (Lipinski definition) is 0. The molecule has 4 rings (SSSR count). The standard InChI is InChI=1S/C34H54ClN5O4Si2/c1-8-9-16-44-34(41)27-12-10-26(11-13-27)30-21-32(40-33(38-30)29(23-37-40)28-14-15-31(35)36-22-28)39(24-42-17-19-45(2,3)4)25-43-18-20-46(5,6)7/h14-15,21-23,26-27H,8-13,16-20,24-25H2,1-7H3. The Hall–Kier alpha value is -2.32. The third-order valence-corrected chi connectivity index (χ3v) is 12.2. The van der Waals surface area contributed by atoms with Crippen LogP contribution in [0.15, 0.2) is 30.6 Å². The quantitative estimate of drug-likeness (QED) is 0.0459. The van der Waals surface area contributed by atoms with Crippen LogP contribution in [0.1, 0.15) is 57.1 Å². The molecule has 1 fully saturated rings. The van der Waals surface area contributed by atoms with Crippen LogP contribution in [0.4, 0.5) is 5.82 Å². The molecule has 0 amide bonds. The third kappa shape index (κ3) is 10.9. The first-order valence-corrected chi connectivity index (χ1v) is 24.7. The molecule has 0 bridgehead atoms. The Balaban J connectivity index is 1.65. The maximum absolute atomic E-state index is 12.7. The lowest BCUT2D eigenvalue weighted by atomic mass is 9.80. The van der Waals surface area contributed by atoms with Crippen LogP contribution >= 0.6 is 11.6 Å². The normalized spacial score (nSPS) is 17.4. The van der Waals surface area contributed by atoms with Gasteiger partial charge in [-0.15, -0.1) is 0 Å². The largest absolute Gasteiger partial charge is 0.465 e. The van der Waals surface area contributed by atoms with Crippen molar-refractivity contribution in [3.05, 3.63) is 41.4 Å². The van der Waals surface area contributed by atoms with Gasteiger partial charge in [-0.3, -0.25) is 4.79 Å². The molecule has 0 unspecified atom stereocenters. The monoisotopic (exact) mass is 687 g/mol. The summed E-state index contributed by atoms with van der Waals surface area (Å²) in [5.74, 6) is 1.01. The lowest BCUT2D eigenvalue weighted by molar-refractivity contribution is -0.149. The van der Waals surface area contributed by atoms with Crippen molar-refractivity contribution in [1.29, 1.82) is 0 Å². The minimum Gasteiger partial charge on any atom is -0.465 e. The molecule has 0 spiro atoms. The molecule has 1 saturated carbocycles. The van der Waals surface area contributed by atoms with E-state index in [0.29, 0.717) is 38.4 Å². The Kier molecular flexibility index (Phi) is 13.2. The van der Waals surface area contributed by atoms with Crippen LogP contribution in [0.5, 0.6) is 0 Å². The summed E-state index contributed by atoms with van der Waals surface area (Å²) in [6.45, 7) is 19.0. The smallest absolute Gasteiger partial charge is 0.308 e. The topological polar surface area (TPSA) is 91.1 Å². The summed E-state index contributed by atoms with van der Waals surface area (Å²) in [6.07, 6.45) is 8.89. The number of unbranched alkanes of at least 4 members (excludes halogenated alkanes) is 1. The third-order valence-electron chi connectivity index (χ3n) is 8.54. The number of esters is 1. The molecule has 0 radical (unpaired) electrons. The van der Waals surface area contributed by atoms with E-state index in [4.69, 9.17) is 35.9 Å². The van der Waals surface area contributed by atoms with Crippen molar-refractivity contribution in [3.63, 3.8) is 0 Å². The van der Waals surface area contributed by atoms with Gasteiger partial charge in [-0.1, -0.05) is 64.2 Å². The fraction of sp³-hybridized carbons (Fsp3) is 0.647. The second-order valence-corrected chi connectivity index (χ2v) is 26.6. The lowest BCUT2D eigenvalue weighted by Crippen LogP contribution is -2.33. The van der Waals surface area contributed by atoms with Crippen molar-refractivity contribution in [3.8, 4) is 11.1 Å². The van der Waals surface area contributed by atoms with Crippen LogP contribution in [0.25, 0.3) is 16.8 Å². The van der Waals surface area contributed by atoms with Crippen molar-refractivity contribution >= 4 is 45.2 Å². The van der Waals surface area contributed by atoms with Gasteiger partial charge in [0.25, 0.3) is 0 Å². The summed E-state index contributed by atoms with van der Waals surface area (Å²) in [4.78, 5) is 24.4. The fourth-order valence-electron chi connectivity index (χ4n) is 5.47. The van der Waals surface area contributed by atoms with Crippen LogP contribution in [0, 0.1) is 5.92 Å². The molecule has 3 heterocycles. The molecule has 254 valence electrons. The van der Waals surface area contributed by atoms with Crippen molar-refractivity contribution in [1.82, 2.24) is 19.6 Å². The van der Waals surface area contributed by atoms with Crippen LogP contribution in [0.2, 0.25) is 56.5 Å². The average Bonchev–Trinajstić information content (AvgIpc) is 3.43. The first kappa shape index (κ1) is 36.5. The minimum absolute atomic E-state index is 0.0435. The Labute approximate surface area is 282 Å². The molecular weight excluding hydrogens is 634 g/mol. The highest BCUT2D eigenvalue weighted by Crippen LogP contribution is 2.38. The Morgan fingerprint density at radius 2 is 1.61 bits per heavy atom. The molecule has 0 N–H and O–H groups in total. The Morgan fingerprint density at radius 3 is 2.17 bits per heavy atom. The van der Waals surface area contributed by atoms with Gasteiger partial charge in [0, 0.05) is 64.4 Å². The number of halogens is 1. The van der Waals surface area contributed by atoms with E-state index in [2.05, 4.69) is 62.2 Å². The summed E-state index contributed by atoms with van der Waals surface area (Å²) in [7, 11) is -2.49. The molecule has 0 aromatic carbocycles. The van der Waals surface area contributed by atoms with Gasteiger partial charge in [0.2, 0.25) is 0 Å². The van der Waals surface area contributed by atoms with E-state index in [9.17, 15) is 4.79 Å². The van der Waals surface area contributed by atoms with Crippen molar-refractivity contribution < 1.29 is 19.0 Å². The number of ether oxygens (including phenoxy) is 3. The fourth-order valence-corrected chi connectivity index (χ4v) is 7.10. The highest BCUT2D eigenvalue weighted by molar-refractivity contribution is 6.76. The number of pyridine rings is 1.